The van der Waals surface area contributed by atoms with Gasteiger partial charge in [0.15, 0.2) is 0 Å². The second-order valence-electron chi connectivity index (χ2n) is 4.89. The second kappa shape index (κ2) is 5.63. The molecular formula is C13H19NO2S. The Morgan fingerprint density at radius 2 is 2.29 bits per heavy atom. The first-order valence-electron chi connectivity index (χ1n) is 6.30. The van der Waals surface area contributed by atoms with Gasteiger partial charge in [0.1, 0.15) is 0 Å². The Bertz CT molecular complexity index is 383. The molecule has 17 heavy (non-hydrogen) atoms. The van der Waals surface area contributed by atoms with Crippen molar-refractivity contribution >= 4 is 17.3 Å². The summed E-state index contributed by atoms with van der Waals surface area (Å²) in [7, 11) is 0. The van der Waals surface area contributed by atoms with Crippen molar-refractivity contribution in [3.63, 3.8) is 0 Å². The van der Waals surface area contributed by atoms with Crippen LogP contribution >= 0.6 is 11.3 Å². The van der Waals surface area contributed by atoms with E-state index >= 15 is 0 Å². The highest BCUT2D eigenvalue weighted by atomic mass is 32.1. The van der Waals surface area contributed by atoms with E-state index in [0.29, 0.717) is 5.92 Å². The lowest BCUT2D eigenvalue weighted by molar-refractivity contribution is -0.143. The molecule has 0 saturated heterocycles. The van der Waals surface area contributed by atoms with Crippen molar-refractivity contribution in [2.45, 2.75) is 45.4 Å². The lowest BCUT2D eigenvalue weighted by atomic mass is 9.87. The number of hydrogen-bond donors (Lipinski definition) is 1. The van der Waals surface area contributed by atoms with Crippen molar-refractivity contribution in [2.75, 3.05) is 0 Å². The van der Waals surface area contributed by atoms with Gasteiger partial charge in [-0.15, -0.1) is 11.3 Å². The molecule has 1 N–H and O–H groups in total. The number of rotatable bonds is 5. The highest BCUT2D eigenvalue weighted by Gasteiger charge is 2.30. The van der Waals surface area contributed by atoms with Gasteiger partial charge in [0.2, 0.25) is 0 Å². The molecule has 1 atom stereocenters. The Morgan fingerprint density at radius 1 is 1.59 bits per heavy atom. The van der Waals surface area contributed by atoms with Gasteiger partial charge in [0.25, 0.3) is 0 Å². The van der Waals surface area contributed by atoms with Crippen LogP contribution in [0.4, 0.5) is 0 Å². The third kappa shape index (κ3) is 3.06. The third-order valence-electron chi connectivity index (χ3n) is 3.81. The fourth-order valence-electron chi connectivity index (χ4n) is 2.77. The summed E-state index contributed by atoms with van der Waals surface area (Å²) in [5, 5.41) is 9.32. The molecule has 94 valence electrons. The predicted molar refractivity (Wildman–Crippen MR) is 68.3 cm³/mol. The number of carboxylic acid groups (broad SMARTS) is 1. The SMILES string of the molecule is Cc1ncsc1CCC(C(=O)O)C1CCCC1. The maximum atomic E-state index is 11.3. The number of aromatic nitrogens is 1. The molecule has 1 aliphatic rings. The Balaban J connectivity index is 1.94. The van der Waals surface area contributed by atoms with Gasteiger partial charge in [-0.05, 0) is 38.5 Å². The molecule has 1 aliphatic carbocycles. The number of aryl methyl sites for hydroxylation is 2. The van der Waals surface area contributed by atoms with E-state index in [-0.39, 0.29) is 5.92 Å². The minimum Gasteiger partial charge on any atom is -0.481 e. The van der Waals surface area contributed by atoms with Crippen LogP contribution in [-0.4, -0.2) is 16.1 Å². The van der Waals surface area contributed by atoms with E-state index in [4.69, 9.17) is 0 Å². The van der Waals surface area contributed by atoms with Crippen LogP contribution in [0.15, 0.2) is 5.51 Å². The minimum atomic E-state index is -0.612. The molecule has 3 nitrogen and oxygen atoms in total. The molecule has 0 spiro atoms. The van der Waals surface area contributed by atoms with E-state index in [1.54, 1.807) is 11.3 Å². The topological polar surface area (TPSA) is 50.2 Å². The van der Waals surface area contributed by atoms with Gasteiger partial charge in [-0.1, -0.05) is 12.8 Å². The Hall–Kier alpha value is -0.900. The van der Waals surface area contributed by atoms with E-state index in [2.05, 4.69) is 4.98 Å². The zero-order valence-corrected chi connectivity index (χ0v) is 11.0. The number of nitrogens with zero attached hydrogens (tertiary/aromatic N) is 1. The number of thiazole rings is 1. The summed E-state index contributed by atoms with van der Waals surface area (Å²) in [5.41, 5.74) is 2.90. The lowest BCUT2D eigenvalue weighted by Crippen LogP contribution is -2.22. The standard InChI is InChI=1S/C13H19NO2S/c1-9-12(17-8-14-9)7-6-11(13(15)16)10-4-2-3-5-10/h8,10-11H,2-7H2,1H3,(H,15,16). The lowest BCUT2D eigenvalue weighted by Gasteiger charge is -2.18. The average Bonchev–Trinajstić information content (AvgIpc) is 2.91. The summed E-state index contributed by atoms with van der Waals surface area (Å²) in [4.78, 5) is 16.8. The van der Waals surface area contributed by atoms with Crippen LogP contribution in [0.5, 0.6) is 0 Å². The first-order chi connectivity index (χ1) is 8.18. The molecule has 0 aliphatic heterocycles. The molecule has 0 amide bonds. The smallest absolute Gasteiger partial charge is 0.306 e. The average molecular weight is 253 g/mol. The summed E-state index contributed by atoms with van der Waals surface area (Å²) in [6.07, 6.45) is 6.23. The van der Waals surface area contributed by atoms with Gasteiger partial charge in [-0.2, -0.15) is 0 Å². The molecule has 1 aromatic heterocycles. The van der Waals surface area contributed by atoms with Crippen LogP contribution in [0.2, 0.25) is 0 Å². The van der Waals surface area contributed by atoms with Crippen molar-refractivity contribution in [2.24, 2.45) is 11.8 Å². The Morgan fingerprint density at radius 3 is 2.82 bits per heavy atom. The normalized spacial score (nSPS) is 18.4. The molecule has 0 radical (unpaired) electrons. The zero-order chi connectivity index (χ0) is 12.3. The van der Waals surface area contributed by atoms with Crippen molar-refractivity contribution in [3.05, 3.63) is 16.1 Å². The molecule has 2 rings (SSSR count). The molecule has 1 heterocycles. The minimum absolute atomic E-state index is 0.154. The second-order valence-corrected chi connectivity index (χ2v) is 5.83. The molecule has 1 saturated carbocycles. The molecule has 1 fully saturated rings. The quantitative estimate of drug-likeness (QED) is 0.876. The Kier molecular flexibility index (Phi) is 4.15. The van der Waals surface area contributed by atoms with Crippen LogP contribution in [0.3, 0.4) is 0 Å². The van der Waals surface area contributed by atoms with Crippen LogP contribution in [-0.2, 0) is 11.2 Å². The molecule has 1 unspecified atom stereocenters. The van der Waals surface area contributed by atoms with Crippen molar-refractivity contribution < 1.29 is 9.90 Å². The molecule has 1 aromatic rings. The summed E-state index contributed by atoms with van der Waals surface area (Å²) < 4.78 is 0. The van der Waals surface area contributed by atoms with Gasteiger partial charge in [-0.3, -0.25) is 4.79 Å². The molecular weight excluding hydrogens is 234 g/mol. The largest absolute Gasteiger partial charge is 0.481 e. The first kappa shape index (κ1) is 12.6. The van der Waals surface area contributed by atoms with Crippen LogP contribution in [0.1, 0.15) is 42.7 Å². The van der Waals surface area contributed by atoms with Crippen molar-refractivity contribution in [1.82, 2.24) is 4.98 Å². The van der Waals surface area contributed by atoms with Crippen molar-refractivity contribution in [3.8, 4) is 0 Å². The van der Waals surface area contributed by atoms with Gasteiger partial charge in [0, 0.05) is 4.88 Å². The third-order valence-corrected chi connectivity index (χ3v) is 4.81. The summed E-state index contributed by atoms with van der Waals surface area (Å²) in [5.74, 6) is -0.362. The summed E-state index contributed by atoms with van der Waals surface area (Å²) >= 11 is 1.64. The predicted octanol–water partition coefficient (Wildman–Crippen LogP) is 3.28. The molecule has 0 bridgehead atoms. The zero-order valence-electron chi connectivity index (χ0n) is 10.2. The van der Waals surface area contributed by atoms with Gasteiger partial charge < -0.3 is 5.11 Å². The maximum absolute atomic E-state index is 11.3. The fraction of sp³-hybridized carbons (Fsp3) is 0.692. The van der Waals surface area contributed by atoms with E-state index < -0.39 is 5.97 Å². The number of aliphatic carboxylic acids is 1. The summed E-state index contributed by atoms with van der Waals surface area (Å²) in [6, 6.07) is 0. The highest BCUT2D eigenvalue weighted by Crippen LogP contribution is 2.34. The van der Waals surface area contributed by atoms with E-state index in [1.165, 1.54) is 17.7 Å². The van der Waals surface area contributed by atoms with Crippen molar-refractivity contribution in [1.29, 1.82) is 0 Å². The first-order valence-corrected chi connectivity index (χ1v) is 7.18. The van der Waals surface area contributed by atoms with Crippen LogP contribution in [0, 0.1) is 18.8 Å². The highest BCUT2D eigenvalue weighted by molar-refractivity contribution is 7.09. The van der Waals surface area contributed by atoms with Gasteiger partial charge >= 0.3 is 5.97 Å². The molecule has 0 aromatic carbocycles. The van der Waals surface area contributed by atoms with Gasteiger partial charge in [0.05, 0.1) is 17.1 Å². The van der Waals surface area contributed by atoms with Crippen LogP contribution in [0.25, 0.3) is 0 Å². The number of carboxylic acids is 1. The Labute approximate surface area is 106 Å². The fourth-order valence-corrected chi connectivity index (χ4v) is 3.57. The number of carbonyl (C=O) groups is 1. The van der Waals surface area contributed by atoms with E-state index in [1.807, 2.05) is 12.4 Å². The molecule has 4 heteroatoms. The maximum Gasteiger partial charge on any atom is 0.306 e. The summed E-state index contributed by atoms with van der Waals surface area (Å²) in [6.45, 7) is 2.00. The number of hydrogen-bond acceptors (Lipinski definition) is 3. The monoisotopic (exact) mass is 253 g/mol. The van der Waals surface area contributed by atoms with Crippen LogP contribution < -0.4 is 0 Å². The van der Waals surface area contributed by atoms with Gasteiger partial charge in [-0.25, -0.2) is 4.98 Å². The van der Waals surface area contributed by atoms with E-state index in [0.717, 1.165) is 31.4 Å². The van der Waals surface area contributed by atoms with E-state index in [9.17, 15) is 9.90 Å².